The van der Waals surface area contributed by atoms with Crippen molar-refractivity contribution in [3.8, 4) is 5.88 Å². The molecule has 1 unspecified atom stereocenters. The Morgan fingerprint density at radius 3 is 2.72 bits per heavy atom. The molecule has 0 aliphatic carbocycles. The van der Waals surface area contributed by atoms with Gasteiger partial charge in [-0.05, 0) is 81.7 Å². The van der Waals surface area contributed by atoms with Crippen LogP contribution in [0.3, 0.4) is 0 Å². The Balaban J connectivity index is 1.61. The van der Waals surface area contributed by atoms with Crippen LogP contribution in [0.15, 0.2) is 77.7 Å². The van der Waals surface area contributed by atoms with Gasteiger partial charge in [-0.15, -0.1) is 0 Å². The first-order valence-corrected chi connectivity index (χ1v) is 11.8. The van der Waals surface area contributed by atoms with Crippen molar-refractivity contribution < 1.29 is 14.3 Å². The lowest BCUT2D eigenvalue weighted by atomic mass is 10.1. The molecular weight excluding hydrogens is 454 g/mol. The molecule has 0 radical (unpaired) electrons. The highest BCUT2D eigenvalue weighted by molar-refractivity contribution is 5.75. The molecule has 8 heteroatoms. The van der Waals surface area contributed by atoms with Crippen LogP contribution in [0.4, 0.5) is 0 Å². The maximum atomic E-state index is 12.4. The molecule has 0 spiro atoms. The number of nitrogens with zero attached hydrogens (tertiary/aromatic N) is 4. The Hall–Kier alpha value is -4.07. The van der Waals surface area contributed by atoms with Crippen molar-refractivity contribution in [1.82, 2.24) is 15.0 Å². The number of esters is 1. The van der Waals surface area contributed by atoms with Gasteiger partial charge in [-0.25, -0.2) is 15.0 Å². The molecular formula is C28H33N5O3. The number of pyridine rings is 3. The summed E-state index contributed by atoms with van der Waals surface area (Å²) in [5.74, 6) is 0.151. The summed E-state index contributed by atoms with van der Waals surface area (Å²) < 4.78 is 10.6. The third kappa shape index (κ3) is 8.61. The maximum absolute atomic E-state index is 12.4. The van der Waals surface area contributed by atoms with Gasteiger partial charge in [0.2, 0.25) is 5.88 Å². The van der Waals surface area contributed by atoms with E-state index in [9.17, 15) is 4.79 Å². The van der Waals surface area contributed by atoms with Gasteiger partial charge < -0.3 is 15.2 Å². The van der Waals surface area contributed by atoms with Crippen LogP contribution >= 0.6 is 0 Å². The quantitative estimate of drug-likeness (QED) is 0.246. The molecule has 0 bridgehead atoms. The van der Waals surface area contributed by atoms with Crippen molar-refractivity contribution in [3.05, 3.63) is 84.0 Å². The lowest BCUT2D eigenvalue weighted by Crippen LogP contribution is -2.24. The number of allylic oxidation sites excluding steroid dienone is 3. The van der Waals surface area contributed by atoms with Crippen molar-refractivity contribution in [2.24, 2.45) is 10.7 Å². The summed E-state index contributed by atoms with van der Waals surface area (Å²) in [6, 6.07) is 11.1. The Morgan fingerprint density at radius 2 is 2.00 bits per heavy atom. The van der Waals surface area contributed by atoms with E-state index in [2.05, 4.69) is 19.9 Å². The lowest BCUT2D eigenvalue weighted by molar-refractivity contribution is -0.155. The van der Waals surface area contributed by atoms with Crippen LogP contribution in [0.5, 0.6) is 5.88 Å². The van der Waals surface area contributed by atoms with E-state index in [1.807, 2.05) is 63.3 Å². The minimum Gasteiger partial charge on any atom is -0.481 e. The number of aromatic nitrogens is 3. The molecule has 1 atom stereocenters. The van der Waals surface area contributed by atoms with Crippen LogP contribution in [0.1, 0.15) is 50.9 Å². The zero-order chi connectivity index (χ0) is 26.0. The molecule has 36 heavy (non-hydrogen) atoms. The summed E-state index contributed by atoms with van der Waals surface area (Å²) in [7, 11) is 1.55. The molecule has 0 aliphatic rings. The fraction of sp³-hybridized carbons (Fsp3) is 0.321. The Labute approximate surface area is 212 Å². The fourth-order valence-corrected chi connectivity index (χ4v) is 3.38. The van der Waals surface area contributed by atoms with Crippen LogP contribution in [-0.2, 0) is 16.0 Å². The maximum Gasteiger partial charge on any atom is 0.308 e. The first kappa shape index (κ1) is 26.5. The molecule has 0 aliphatic heterocycles. The highest BCUT2D eigenvalue weighted by Crippen LogP contribution is 2.24. The number of nitrogens with two attached hydrogens (primary N) is 1. The van der Waals surface area contributed by atoms with Crippen LogP contribution < -0.4 is 10.5 Å². The minimum absolute atomic E-state index is 0.0823. The van der Waals surface area contributed by atoms with Gasteiger partial charge in [-0.1, -0.05) is 6.08 Å². The number of methoxy groups -OCH3 is 1. The predicted molar refractivity (Wildman–Crippen MR) is 142 cm³/mol. The van der Waals surface area contributed by atoms with Crippen LogP contribution in [0.2, 0.25) is 0 Å². The van der Waals surface area contributed by atoms with E-state index < -0.39 is 11.6 Å². The first-order valence-electron chi connectivity index (χ1n) is 11.8. The molecule has 3 aromatic heterocycles. The number of rotatable bonds is 10. The molecule has 3 aromatic rings. The normalized spacial score (nSPS) is 13.4. The van der Waals surface area contributed by atoms with Crippen molar-refractivity contribution in [1.29, 1.82) is 0 Å². The van der Waals surface area contributed by atoms with Gasteiger partial charge in [-0.2, -0.15) is 0 Å². The number of hydrogen-bond donors (Lipinski definition) is 1. The van der Waals surface area contributed by atoms with Crippen LogP contribution in [-0.4, -0.2) is 39.8 Å². The van der Waals surface area contributed by atoms with Crippen LogP contribution in [0.25, 0.3) is 11.0 Å². The van der Waals surface area contributed by atoms with Gasteiger partial charge >= 0.3 is 5.97 Å². The molecule has 188 valence electrons. The molecule has 0 fully saturated rings. The van der Waals surface area contributed by atoms with Gasteiger partial charge in [0.05, 0.1) is 19.6 Å². The highest BCUT2D eigenvalue weighted by atomic mass is 16.6. The molecule has 8 nitrogen and oxygen atoms in total. The lowest BCUT2D eigenvalue weighted by Gasteiger charge is -2.21. The Morgan fingerprint density at radius 1 is 1.17 bits per heavy atom. The smallest absolute Gasteiger partial charge is 0.308 e. The number of aryl methyl sites for hydroxylation is 1. The van der Waals surface area contributed by atoms with Gasteiger partial charge in [-0.3, -0.25) is 9.79 Å². The fourth-order valence-electron chi connectivity index (χ4n) is 3.38. The van der Waals surface area contributed by atoms with E-state index in [0.29, 0.717) is 11.6 Å². The zero-order valence-electron chi connectivity index (χ0n) is 21.2. The van der Waals surface area contributed by atoms with E-state index in [0.717, 1.165) is 35.1 Å². The minimum atomic E-state index is -0.572. The second-order valence-corrected chi connectivity index (χ2v) is 9.20. The standard InChI is InChI=1S/C28H33N5O3/c1-28(2,3)36-26(34)18-24(21-12-14-25(35-4)32-19-21)30-17-15-22(29)9-5-6-10-23-13-11-20-8-7-16-31-27(20)33-23/h5,7-9,11-17,19,24H,6,10,18,29H2,1-4H3. The predicted octanol–water partition coefficient (Wildman–Crippen LogP) is 4.91. The van der Waals surface area contributed by atoms with Gasteiger partial charge in [0.15, 0.2) is 5.65 Å². The molecule has 0 amide bonds. The average molecular weight is 488 g/mol. The summed E-state index contributed by atoms with van der Waals surface area (Å²) in [5, 5.41) is 1.03. The summed E-state index contributed by atoms with van der Waals surface area (Å²) in [6.07, 6.45) is 12.2. The van der Waals surface area contributed by atoms with E-state index >= 15 is 0 Å². The zero-order valence-corrected chi connectivity index (χ0v) is 21.2. The molecule has 0 saturated carbocycles. The second kappa shape index (κ2) is 12.6. The number of hydrogen-bond acceptors (Lipinski definition) is 8. The monoisotopic (exact) mass is 487 g/mol. The van der Waals surface area contributed by atoms with Gasteiger partial charge in [0.25, 0.3) is 0 Å². The third-order valence-electron chi connectivity index (χ3n) is 5.07. The number of fused-ring (bicyclic) bond motifs is 1. The summed E-state index contributed by atoms with van der Waals surface area (Å²) in [4.78, 5) is 30.1. The topological polar surface area (TPSA) is 113 Å². The van der Waals surface area contributed by atoms with Crippen molar-refractivity contribution in [2.75, 3.05) is 7.11 Å². The van der Waals surface area contributed by atoms with Gasteiger partial charge in [0.1, 0.15) is 5.60 Å². The summed E-state index contributed by atoms with van der Waals surface area (Å²) in [6.45, 7) is 5.50. The summed E-state index contributed by atoms with van der Waals surface area (Å²) >= 11 is 0. The highest BCUT2D eigenvalue weighted by Gasteiger charge is 2.21. The Bertz CT molecular complexity index is 1240. The molecule has 0 saturated heterocycles. The van der Waals surface area contributed by atoms with E-state index in [1.54, 1.807) is 37.9 Å². The summed E-state index contributed by atoms with van der Waals surface area (Å²) in [5.41, 5.74) is 8.60. The SMILES string of the molecule is COc1ccc(C(CC(=O)OC(C)(C)C)N=CC=C(N)C=CCCc2ccc3cccnc3n2)cn1. The van der Waals surface area contributed by atoms with Crippen LogP contribution in [0, 0.1) is 0 Å². The second-order valence-electron chi connectivity index (χ2n) is 9.20. The average Bonchev–Trinajstić information content (AvgIpc) is 2.85. The third-order valence-corrected chi connectivity index (χ3v) is 5.07. The number of carbonyl (C=O) groups excluding carboxylic acids is 1. The van der Waals surface area contributed by atoms with Crippen molar-refractivity contribution in [3.63, 3.8) is 0 Å². The molecule has 3 heterocycles. The van der Waals surface area contributed by atoms with Crippen molar-refractivity contribution >= 4 is 23.2 Å². The van der Waals surface area contributed by atoms with E-state index in [4.69, 9.17) is 15.2 Å². The van der Waals surface area contributed by atoms with E-state index in [-0.39, 0.29) is 12.4 Å². The Kier molecular flexibility index (Phi) is 9.27. The van der Waals surface area contributed by atoms with E-state index in [1.165, 1.54) is 0 Å². The largest absolute Gasteiger partial charge is 0.481 e. The number of aliphatic imine (C=N–C) groups is 1. The first-order chi connectivity index (χ1) is 17.2. The molecule has 3 rings (SSSR count). The molecule has 2 N–H and O–H groups in total. The van der Waals surface area contributed by atoms with Gasteiger partial charge in [0, 0.05) is 41.5 Å². The molecule has 0 aromatic carbocycles. The van der Waals surface area contributed by atoms with Crippen molar-refractivity contribution in [2.45, 2.75) is 51.7 Å². The number of ether oxygens (including phenoxy) is 2. The number of carbonyl (C=O) groups is 1.